The SMILES string of the molecule is O=C(NCCCNCCCCCC(=O)[C@H](CO)NC(=O)c1cccc(O)c1O)c1cccc(O)c1O. The molecule has 0 radical (unpaired) electrons. The van der Waals surface area contributed by atoms with Crippen molar-refractivity contribution in [2.24, 2.45) is 0 Å². The molecule has 2 aromatic rings. The number of benzene rings is 2. The summed E-state index contributed by atoms with van der Waals surface area (Å²) in [5, 5.41) is 56.2. The number of amides is 2. The molecule has 0 saturated heterocycles. The minimum Gasteiger partial charge on any atom is -0.504 e. The highest BCUT2D eigenvalue weighted by Crippen LogP contribution is 2.28. The van der Waals surface area contributed by atoms with E-state index in [1.165, 1.54) is 36.4 Å². The second-order valence-electron chi connectivity index (χ2n) is 8.19. The number of aliphatic hydroxyl groups excluding tert-OH is 1. The molecule has 0 saturated carbocycles. The van der Waals surface area contributed by atoms with E-state index in [0.29, 0.717) is 32.5 Å². The monoisotopic (exact) mass is 503 g/mol. The normalized spacial score (nSPS) is 11.6. The quantitative estimate of drug-likeness (QED) is 0.130. The van der Waals surface area contributed by atoms with E-state index in [9.17, 15) is 39.9 Å². The van der Waals surface area contributed by atoms with Crippen molar-refractivity contribution in [1.82, 2.24) is 16.0 Å². The average Bonchev–Trinajstić information content (AvgIpc) is 2.86. The van der Waals surface area contributed by atoms with Crippen LogP contribution in [-0.4, -0.2) is 75.4 Å². The van der Waals surface area contributed by atoms with E-state index < -0.39 is 41.7 Å². The van der Waals surface area contributed by atoms with E-state index in [0.717, 1.165) is 12.8 Å². The van der Waals surface area contributed by atoms with E-state index >= 15 is 0 Å². The number of rotatable bonds is 15. The molecule has 0 bridgehead atoms. The molecule has 2 amide bonds. The Hall–Kier alpha value is -3.83. The summed E-state index contributed by atoms with van der Waals surface area (Å²) in [6.07, 6.45) is 2.98. The van der Waals surface area contributed by atoms with Crippen molar-refractivity contribution in [3.8, 4) is 23.0 Å². The third-order valence-corrected chi connectivity index (χ3v) is 5.49. The number of aliphatic hydroxyl groups is 1. The van der Waals surface area contributed by atoms with Gasteiger partial charge in [-0.2, -0.15) is 0 Å². The average molecular weight is 504 g/mol. The molecule has 0 fully saturated rings. The van der Waals surface area contributed by atoms with Crippen LogP contribution in [0.25, 0.3) is 0 Å². The minimum absolute atomic E-state index is 0.0121. The van der Waals surface area contributed by atoms with Crippen molar-refractivity contribution >= 4 is 17.6 Å². The zero-order valence-corrected chi connectivity index (χ0v) is 19.9. The lowest BCUT2D eigenvalue weighted by Gasteiger charge is -2.16. The number of para-hydroxylation sites is 2. The van der Waals surface area contributed by atoms with E-state index in [1.807, 2.05) is 0 Å². The fraction of sp³-hybridized carbons (Fsp3) is 0.400. The molecule has 196 valence electrons. The summed E-state index contributed by atoms with van der Waals surface area (Å²) in [4.78, 5) is 36.6. The molecule has 0 unspecified atom stereocenters. The molecule has 11 heteroatoms. The number of unbranched alkanes of at least 4 members (excludes halogenated alkanes) is 2. The second kappa shape index (κ2) is 14.5. The standard InChI is InChI=1S/C25H33N3O8/c29-15-18(28-25(36)17-8-5-11-21(32)23(17)34)19(30)9-2-1-3-12-26-13-6-14-27-24(35)16-7-4-10-20(31)22(16)33/h4-5,7-8,10-11,18,26,29,31-34H,1-3,6,9,12-15H2,(H,27,35)(H,28,36)/t18-/m0/s1. The number of aromatic hydroxyl groups is 4. The van der Waals surface area contributed by atoms with Gasteiger partial charge in [0.05, 0.1) is 17.7 Å². The third-order valence-electron chi connectivity index (χ3n) is 5.49. The van der Waals surface area contributed by atoms with Crippen LogP contribution in [0.1, 0.15) is 52.8 Å². The van der Waals surface area contributed by atoms with Crippen molar-refractivity contribution in [1.29, 1.82) is 0 Å². The number of ketones is 1. The highest BCUT2D eigenvalue weighted by molar-refractivity contribution is 6.00. The number of nitrogens with one attached hydrogen (secondary N) is 3. The molecule has 0 aliphatic carbocycles. The van der Waals surface area contributed by atoms with Crippen molar-refractivity contribution in [2.45, 2.75) is 38.1 Å². The minimum atomic E-state index is -1.10. The first-order chi connectivity index (χ1) is 17.3. The van der Waals surface area contributed by atoms with E-state index in [2.05, 4.69) is 16.0 Å². The molecule has 8 N–H and O–H groups in total. The number of hydrogen-bond donors (Lipinski definition) is 8. The molecular formula is C25H33N3O8. The van der Waals surface area contributed by atoms with E-state index in [1.54, 1.807) is 0 Å². The number of carbonyl (C=O) groups is 3. The summed E-state index contributed by atoms with van der Waals surface area (Å²) in [6, 6.07) is 6.98. The van der Waals surface area contributed by atoms with Crippen LogP contribution in [0.15, 0.2) is 36.4 Å². The second-order valence-corrected chi connectivity index (χ2v) is 8.19. The highest BCUT2D eigenvalue weighted by Gasteiger charge is 2.22. The van der Waals surface area contributed by atoms with Gasteiger partial charge in [0.25, 0.3) is 11.8 Å². The van der Waals surface area contributed by atoms with Gasteiger partial charge in [-0.15, -0.1) is 0 Å². The van der Waals surface area contributed by atoms with Crippen molar-refractivity contribution in [2.75, 3.05) is 26.2 Å². The van der Waals surface area contributed by atoms with E-state index in [-0.39, 0.29) is 29.1 Å². The lowest BCUT2D eigenvalue weighted by molar-refractivity contribution is -0.121. The van der Waals surface area contributed by atoms with Crippen molar-refractivity contribution in [3.05, 3.63) is 47.5 Å². The first-order valence-corrected chi connectivity index (χ1v) is 11.7. The van der Waals surface area contributed by atoms with Gasteiger partial charge in [-0.25, -0.2) is 0 Å². The maximum Gasteiger partial charge on any atom is 0.255 e. The van der Waals surface area contributed by atoms with Gasteiger partial charge in [0.15, 0.2) is 28.8 Å². The summed E-state index contributed by atoms with van der Waals surface area (Å²) in [7, 11) is 0. The zero-order chi connectivity index (χ0) is 26.5. The number of hydrogen-bond acceptors (Lipinski definition) is 9. The van der Waals surface area contributed by atoms with Crippen LogP contribution in [0.4, 0.5) is 0 Å². The maximum atomic E-state index is 12.3. The Bertz CT molecular complexity index is 1040. The lowest BCUT2D eigenvalue weighted by atomic mass is 10.0. The molecule has 2 rings (SSSR count). The first kappa shape index (κ1) is 28.4. The number of phenols is 4. The van der Waals surface area contributed by atoms with Gasteiger partial charge < -0.3 is 41.5 Å². The molecular weight excluding hydrogens is 470 g/mol. The molecule has 1 atom stereocenters. The summed E-state index contributed by atoms with van der Waals surface area (Å²) in [5.41, 5.74) is -0.178. The van der Waals surface area contributed by atoms with Crippen molar-refractivity contribution < 1.29 is 39.9 Å². The van der Waals surface area contributed by atoms with Gasteiger partial charge in [0.2, 0.25) is 0 Å². The molecule has 0 aliphatic rings. The first-order valence-electron chi connectivity index (χ1n) is 11.7. The molecule has 2 aromatic carbocycles. The summed E-state index contributed by atoms with van der Waals surface area (Å²) in [6.45, 7) is 1.19. The lowest BCUT2D eigenvalue weighted by Crippen LogP contribution is -2.43. The third kappa shape index (κ3) is 8.43. The van der Waals surface area contributed by atoms with Crippen LogP contribution >= 0.6 is 0 Å². The highest BCUT2D eigenvalue weighted by atomic mass is 16.3. The number of Topliss-reactive ketones (excluding diaryl/α,β-unsaturated/α-hetero) is 1. The van der Waals surface area contributed by atoms with Gasteiger partial charge in [0, 0.05) is 13.0 Å². The topological polar surface area (TPSA) is 188 Å². The van der Waals surface area contributed by atoms with Crippen LogP contribution in [0.3, 0.4) is 0 Å². The van der Waals surface area contributed by atoms with Gasteiger partial charge in [0.1, 0.15) is 6.04 Å². The van der Waals surface area contributed by atoms with Crippen LogP contribution in [0, 0.1) is 0 Å². The summed E-state index contributed by atoms with van der Waals surface area (Å²) < 4.78 is 0. The maximum absolute atomic E-state index is 12.3. The Balaban J connectivity index is 1.56. The Labute approximate surface area is 208 Å². The summed E-state index contributed by atoms with van der Waals surface area (Å²) in [5.74, 6) is -3.41. The predicted octanol–water partition coefficient (Wildman–Crippen LogP) is 1.14. The van der Waals surface area contributed by atoms with Gasteiger partial charge in [-0.3, -0.25) is 14.4 Å². The molecule has 0 aliphatic heterocycles. The van der Waals surface area contributed by atoms with Gasteiger partial charge in [-0.05, 0) is 56.6 Å². The molecule has 0 spiro atoms. The number of phenolic OH excluding ortho intramolecular Hbond substituents is 4. The fourth-order valence-electron chi connectivity index (χ4n) is 3.43. The predicted molar refractivity (Wildman–Crippen MR) is 131 cm³/mol. The fourth-order valence-corrected chi connectivity index (χ4v) is 3.43. The van der Waals surface area contributed by atoms with Gasteiger partial charge in [-0.1, -0.05) is 18.6 Å². The Kier molecular flexibility index (Phi) is 11.5. The van der Waals surface area contributed by atoms with E-state index in [4.69, 9.17) is 0 Å². The summed E-state index contributed by atoms with van der Waals surface area (Å²) >= 11 is 0. The van der Waals surface area contributed by atoms with Crippen LogP contribution < -0.4 is 16.0 Å². The zero-order valence-electron chi connectivity index (χ0n) is 19.9. The van der Waals surface area contributed by atoms with Crippen LogP contribution in [0.5, 0.6) is 23.0 Å². The van der Waals surface area contributed by atoms with Crippen molar-refractivity contribution in [3.63, 3.8) is 0 Å². The molecule has 11 nitrogen and oxygen atoms in total. The Morgan fingerprint density at radius 1 is 0.722 bits per heavy atom. The molecule has 0 aromatic heterocycles. The van der Waals surface area contributed by atoms with Crippen LogP contribution in [-0.2, 0) is 4.79 Å². The number of carbonyl (C=O) groups excluding carboxylic acids is 3. The molecule has 0 heterocycles. The van der Waals surface area contributed by atoms with Crippen LogP contribution in [0.2, 0.25) is 0 Å². The van der Waals surface area contributed by atoms with Gasteiger partial charge >= 0.3 is 0 Å². The Morgan fingerprint density at radius 3 is 1.92 bits per heavy atom. The molecule has 36 heavy (non-hydrogen) atoms. The Morgan fingerprint density at radius 2 is 1.31 bits per heavy atom. The largest absolute Gasteiger partial charge is 0.504 e. The smallest absolute Gasteiger partial charge is 0.255 e.